The van der Waals surface area contributed by atoms with Gasteiger partial charge in [-0.25, -0.2) is 0 Å². The van der Waals surface area contributed by atoms with Crippen molar-refractivity contribution in [1.29, 1.82) is 0 Å². The van der Waals surface area contributed by atoms with Crippen LogP contribution in [0.4, 0.5) is 0 Å². The van der Waals surface area contributed by atoms with Crippen molar-refractivity contribution in [3.63, 3.8) is 0 Å². The van der Waals surface area contributed by atoms with E-state index in [-0.39, 0.29) is 51.4 Å². The predicted octanol–water partition coefficient (Wildman–Crippen LogP) is 1.55. The Kier molecular flexibility index (Phi) is 9.16. The van der Waals surface area contributed by atoms with Gasteiger partial charge in [-0.3, -0.25) is 0 Å². The maximum Gasteiger partial charge on any atom is 0.153 e. The Morgan fingerprint density at radius 2 is 1.50 bits per heavy atom. The zero-order valence-corrected chi connectivity index (χ0v) is 14.4. The number of hydrogen-bond donors (Lipinski definition) is 0. The molecular weight excluding hydrogens is 205 g/mol. The minimum atomic E-state index is -1.11. The molecule has 0 spiro atoms. The topological polar surface area (TPSA) is 3.24 Å². The normalized spacial score (nSPS) is 11.2. The van der Waals surface area contributed by atoms with Crippen molar-refractivity contribution in [2.45, 2.75) is 19.6 Å². The van der Waals surface area contributed by atoms with Gasteiger partial charge in [-0.1, -0.05) is 31.0 Å². The van der Waals surface area contributed by atoms with Crippen LogP contribution in [0.5, 0.6) is 0 Å². The summed E-state index contributed by atoms with van der Waals surface area (Å²) in [4.78, 5) is 0. The summed E-state index contributed by atoms with van der Waals surface area (Å²) >= 11 is 0. The van der Waals surface area contributed by atoms with Gasteiger partial charge in [-0.05, 0) is 7.05 Å². The van der Waals surface area contributed by atoms with Crippen LogP contribution >= 0.6 is 0 Å². The van der Waals surface area contributed by atoms with Gasteiger partial charge in [0.05, 0.1) is 0 Å². The summed E-state index contributed by atoms with van der Waals surface area (Å²) in [7, 11) is 0.0994. The van der Waals surface area contributed by atoms with E-state index >= 15 is 0 Å². The van der Waals surface area contributed by atoms with Crippen LogP contribution < -0.4 is 0 Å². The van der Waals surface area contributed by atoms with Gasteiger partial charge in [-0.15, -0.1) is 13.2 Å². The number of hydrogen-bond acceptors (Lipinski definition) is 1. The van der Waals surface area contributed by atoms with E-state index < -0.39 is 17.2 Å². The summed E-state index contributed by atoms with van der Waals surface area (Å²) in [6, 6.07) is 0. The molecule has 0 N–H and O–H groups in total. The standard InChI is InChI=1S/C8H19NSi2.K/c1-7-10(8-2)9(3)11(4,5)6;/h7-8,10H,1-2H2,3-6H3;. The minimum absolute atomic E-state index is 0. The van der Waals surface area contributed by atoms with Gasteiger partial charge in [0.1, 0.15) is 8.24 Å². The number of rotatable bonds is 4. The molecule has 0 aliphatic heterocycles. The molecule has 0 fully saturated rings. The molecule has 0 heterocycles. The largest absolute Gasteiger partial charge is 0.345 e. The molecule has 0 aromatic carbocycles. The van der Waals surface area contributed by atoms with E-state index in [0.29, 0.717) is 0 Å². The van der Waals surface area contributed by atoms with Gasteiger partial charge < -0.3 is 4.23 Å². The first-order chi connectivity index (χ1) is 4.93. The van der Waals surface area contributed by atoms with E-state index in [9.17, 15) is 0 Å². The molecular formula is C8H19KNSi2. The average Bonchev–Trinajstić information content (AvgIpc) is 1.88. The molecule has 4 heteroatoms. The Morgan fingerprint density at radius 3 is 1.58 bits per heavy atom. The molecule has 0 amide bonds. The molecule has 65 valence electrons. The van der Waals surface area contributed by atoms with Crippen LogP contribution in [0, 0.1) is 0 Å². The fraction of sp³-hybridized carbons (Fsp3) is 0.500. The molecule has 0 aliphatic carbocycles. The SMILES string of the molecule is C=C[SiH](C=C)N(C)[Si](C)(C)C.[K]. The fourth-order valence-electron chi connectivity index (χ4n) is 0.860. The van der Waals surface area contributed by atoms with Crippen LogP contribution in [0.1, 0.15) is 0 Å². The van der Waals surface area contributed by atoms with Crippen LogP contribution in [0.15, 0.2) is 24.6 Å². The Morgan fingerprint density at radius 1 is 1.17 bits per heavy atom. The van der Waals surface area contributed by atoms with Crippen LogP contribution in [-0.2, 0) is 0 Å². The molecule has 0 bridgehead atoms. The molecule has 1 nitrogen and oxygen atoms in total. The van der Waals surface area contributed by atoms with Crippen molar-refractivity contribution in [3.8, 4) is 0 Å². The maximum absolute atomic E-state index is 3.84. The van der Waals surface area contributed by atoms with E-state index in [1.54, 1.807) is 0 Å². The predicted molar refractivity (Wildman–Crippen MR) is 64.4 cm³/mol. The first-order valence-corrected chi connectivity index (χ1v) is 9.21. The molecule has 0 saturated heterocycles. The van der Waals surface area contributed by atoms with Crippen LogP contribution in [0.2, 0.25) is 19.6 Å². The summed E-state index contributed by atoms with van der Waals surface area (Å²) in [6.07, 6.45) is 0. The molecule has 0 rings (SSSR count). The first kappa shape index (κ1) is 16.0. The molecule has 0 saturated carbocycles. The van der Waals surface area contributed by atoms with Crippen molar-refractivity contribution in [2.24, 2.45) is 0 Å². The van der Waals surface area contributed by atoms with E-state index in [0.717, 1.165) is 0 Å². The Hall–Kier alpha value is 1.51. The van der Waals surface area contributed by atoms with Gasteiger partial charge >= 0.3 is 0 Å². The molecule has 0 unspecified atom stereocenters. The third-order valence-corrected chi connectivity index (χ3v) is 9.18. The third kappa shape index (κ3) is 5.29. The summed E-state index contributed by atoms with van der Waals surface area (Å²) in [5.74, 6) is 0. The van der Waals surface area contributed by atoms with E-state index in [1.807, 2.05) is 0 Å². The van der Waals surface area contributed by atoms with Crippen LogP contribution in [0.3, 0.4) is 0 Å². The maximum atomic E-state index is 3.84. The zero-order valence-electron chi connectivity index (χ0n) is 9.09. The molecule has 0 aromatic heterocycles. The van der Waals surface area contributed by atoms with Crippen molar-refractivity contribution in [2.75, 3.05) is 7.05 Å². The number of nitrogens with zero attached hydrogens (tertiary/aromatic N) is 1. The van der Waals surface area contributed by atoms with E-state index in [4.69, 9.17) is 0 Å². The molecule has 1 radical (unpaired) electrons. The minimum Gasteiger partial charge on any atom is -0.345 e. The fourth-order valence-corrected chi connectivity index (χ4v) is 5.89. The third-order valence-electron chi connectivity index (χ3n) is 1.99. The van der Waals surface area contributed by atoms with E-state index in [1.165, 1.54) is 0 Å². The molecule has 0 aliphatic rings. The van der Waals surface area contributed by atoms with E-state index in [2.05, 4.69) is 55.5 Å². The molecule has 0 atom stereocenters. The Bertz CT molecular complexity index is 146. The van der Waals surface area contributed by atoms with Crippen molar-refractivity contribution in [3.05, 3.63) is 24.6 Å². The molecule has 12 heavy (non-hydrogen) atoms. The van der Waals surface area contributed by atoms with Crippen LogP contribution in [0.25, 0.3) is 0 Å². The summed E-state index contributed by atoms with van der Waals surface area (Å²) in [5.41, 5.74) is 4.15. The van der Waals surface area contributed by atoms with Gasteiger partial charge in [-0.2, -0.15) is 0 Å². The summed E-state index contributed by atoms with van der Waals surface area (Å²) < 4.78 is 2.51. The summed E-state index contributed by atoms with van der Waals surface area (Å²) in [5, 5.41) is 0. The van der Waals surface area contributed by atoms with Crippen molar-refractivity contribution >= 4 is 68.6 Å². The smallest absolute Gasteiger partial charge is 0.153 e. The van der Waals surface area contributed by atoms with Gasteiger partial charge in [0.15, 0.2) is 8.96 Å². The second kappa shape index (κ2) is 6.89. The Balaban J connectivity index is 0. The average molecular weight is 225 g/mol. The van der Waals surface area contributed by atoms with Gasteiger partial charge in [0, 0.05) is 51.4 Å². The van der Waals surface area contributed by atoms with Crippen LogP contribution in [-0.4, -0.2) is 79.9 Å². The quantitative estimate of drug-likeness (QED) is 0.655. The first-order valence-electron chi connectivity index (χ1n) is 3.91. The Labute approximate surface area is 122 Å². The van der Waals surface area contributed by atoms with Crippen molar-refractivity contribution in [1.82, 2.24) is 4.23 Å². The molecule has 0 aromatic rings. The van der Waals surface area contributed by atoms with Gasteiger partial charge in [0.25, 0.3) is 0 Å². The second-order valence-corrected chi connectivity index (χ2v) is 12.0. The van der Waals surface area contributed by atoms with Gasteiger partial charge in [0.2, 0.25) is 0 Å². The zero-order chi connectivity index (χ0) is 9.07. The second-order valence-electron chi connectivity index (χ2n) is 3.74. The monoisotopic (exact) mass is 224 g/mol. The van der Waals surface area contributed by atoms with Crippen molar-refractivity contribution < 1.29 is 0 Å². The summed E-state index contributed by atoms with van der Waals surface area (Å²) in [6.45, 7) is 14.7.